The molecule has 0 fully saturated rings. The lowest BCUT2D eigenvalue weighted by atomic mass is 10.1. The highest BCUT2D eigenvalue weighted by molar-refractivity contribution is 8.00. The van der Waals surface area contributed by atoms with E-state index < -0.39 is 33.3 Å². The number of aromatic carboxylic acids is 1. The average Bonchev–Trinajstić information content (AvgIpc) is 2.94. The summed E-state index contributed by atoms with van der Waals surface area (Å²) in [6.45, 7) is 0. The summed E-state index contributed by atoms with van der Waals surface area (Å²) >= 11 is 31.8. The Morgan fingerprint density at radius 2 is 1.25 bits per heavy atom. The van der Waals surface area contributed by atoms with Crippen molar-refractivity contribution in [2.24, 2.45) is 0 Å². The van der Waals surface area contributed by atoms with Gasteiger partial charge in [-0.1, -0.05) is 100 Å². The molecule has 0 spiro atoms. The van der Waals surface area contributed by atoms with Crippen molar-refractivity contribution in [3.63, 3.8) is 0 Å². The number of amides is 2. The molecule has 0 aromatic heterocycles. The molecule has 2 amide bonds. The van der Waals surface area contributed by atoms with E-state index in [0.29, 0.717) is 16.4 Å². The molecule has 0 aliphatic carbocycles. The number of para-hydroxylation sites is 1. The number of thioether (sulfide) groups is 1. The second-order valence-corrected chi connectivity index (χ2v) is 11.3. The topological polar surface area (TPSA) is 95.5 Å². The van der Waals surface area contributed by atoms with Gasteiger partial charge in [-0.15, -0.1) is 11.8 Å². The summed E-state index contributed by atoms with van der Waals surface area (Å²) in [4.78, 5) is 38.8. The summed E-state index contributed by atoms with van der Waals surface area (Å²) in [5, 5.41) is 13.6. The van der Waals surface area contributed by atoms with Crippen LogP contribution in [0.4, 0.5) is 11.4 Å². The predicted molar refractivity (Wildman–Crippen MR) is 163 cm³/mol. The van der Waals surface area contributed by atoms with Gasteiger partial charge in [0.15, 0.2) is 0 Å². The SMILES string of the molecule is O=C(O)c1c(Cl)c(Cl)c(Cl)c(Cl)c1C(=O)Nc1ccc(SC(C(=O)Nc2ccccc2Cl)c2ccccc2)cc1. The molecule has 1 atom stereocenters. The standard InChI is InChI=1S/C28H17Cl5N2O4S/c29-17-8-4-5-9-18(17)35-27(37)25(14-6-2-1-3-7-14)40-16-12-10-15(11-13-16)34-26(36)19-20(28(38)39)22(31)24(33)23(32)21(19)30/h1-13,25H,(H,34,36)(H,35,37)(H,38,39). The summed E-state index contributed by atoms with van der Waals surface area (Å²) in [5.41, 5.74) is 0.617. The fraction of sp³-hybridized carbons (Fsp3) is 0.0357. The van der Waals surface area contributed by atoms with Crippen LogP contribution >= 0.6 is 69.8 Å². The van der Waals surface area contributed by atoms with E-state index in [2.05, 4.69) is 10.6 Å². The van der Waals surface area contributed by atoms with Crippen LogP contribution in [0.15, 0.2) is 83.8 Å². The van der Waals surface area contributed by atoms with Gasteiger partial charge in [0.2, 0.25) is 5.91 Å². The predicted octanol–water partition coefficient (Wildman–Crippen LogP) is 9.38. The smallest absolute Gasteiger partial charge is 0.338 e. The molecule has 0 saturated heterocycles. The zero-order chi connectivity index (χ0) is 29.0. The van der Waals surface area contributed by atoms with Crippen molar-refractivity contribution in [2.75, 3.05) is 10.6 Å². The van der Waals surface area contributed by atoms with Gasteiger partial charge in [-0.2, -0.15) is 0 Å². The number of benzene rings is 4. The molecular formula is C28H17Cl5N2O4S. The number of carboxylic acids is 1. The number of nitrogens with one attached hydrogen (secondary N) is 2. The molecule has 0 aliphatic rings. The minimum absolute atomic E-state index is 0.239. The molecular weight excluding hydrogens is 638 g/mol. The number of carbonyl (C=O) groups excluding carboxylic acids is 2. The molecule has 204 valence electrons. The van der Waals surface area contributed by atoms with E-state index in [1.54, 1.807) is 48.5 Å². The molecule has 40 heavy (non-hydrogen) atoms. The molecule has 0 radical (unpaired) electrons. The number of hydrogen-bond donors (Lipinski definition) is 3. The summed E-state index contributed by atoms with van der Waals surface area (Å²) in [6, 6.07) is 22.8. The minimum atomic E-state index is -1.50. The van der Waals surface area contributed by atoms with Crippen molar-refractivity contribution >= 4 is 98.9 Å². The highest BCUT2D eigenvalue weighted by Gasteiger charge is 2.29. The zero-order valence-electron chi connectivity index (χ0n) is 20.1. The van der Waals surface area contributed by atoms with Crippen molar-refractivity contribution in [3.05, 3.63) is 121 Å². The van der Waals surface area contributed by atoms with Gasteiger partial charge in [0.25, 0.3) is 5.91 Å². The third-order valence-electron chi connectivity index (χ3n) is 5.55. The van der Waals surface area contributed by atoms with Crippen molar-refractivity contribution < 1.29 is 19.5 Å². The first-order chi connectivity index (χ1) is 19.1. The van der Waals surface area contributed by atoms with Crippen LogP contribution in [-0.4, -0.2) is 22.9 Å². The van der Waals surface area contributed by atoms with E-state index in [0.717, 1.165) is 10.5 Å². The Hall–Kier alpha value is -2.91. The van der Waals surface area contributed by atoms with Gasteiger partial charge in [-0.25, -0.2) is 4.79 Å². The molecule has 4 rings (SSSR count). The largest absolute Gasteiger partial charge is 0.478 e. The Morgan fingerprint density at radius 1 is 0.675 bits per heavy atom. The molecule has 1 unspecified atom stereocenters. The third-order valence-corrected chi connectivity index (χ3v) is 8.94. The lowest BCUT2D eigenvalue weighted by Gasteiger charge is -2.18. The van der Waals surface area contributed by atoms with E-state index in [9.17, 15) is 19.5 Å². The maximum atomic E-state index is 13.3. The van der Waals surface area contributed by atoms with Crippen LogP contribution in [-0.2, 0) is 4.79 Å². The molecule has 0 heterocycles. The number of halogens is 5. The monoisotopic (exact) mass is 652 g/mol. The van der Waals surface area contributed by atoms with Gasteiger partial charge in [-0.05, 0) is 42.0 Å². The molecule has 4 aromatic rings. The average molecular weight is 655 g/mol. The van der Waals surface area contributed by atoms with Crippen LogP contribution in [0, 0.1) is 0 Å². The van der Waals surface area contributed by atoms with E-state index in [1.807, 2.05) is 30.3 Å². The maximum absolute atomic E-state index is 13.3. The van der Waals surface area contributed by atoms with Crippen molar-refractivity contribution in [1.29, 1.82) is 0 Å². The number of carbonyl (C=O) groups is 3. The first kappa shape index (κ1) is 30.1. The Kier molecular flexibility index (Phi) is 9.90. The van der Waals surface area contributed by atoms with Crippen LogP contribution in [0.2, 0.25) is 25.1 Å². The first-order valence-electron chi connectivity index (χ1n) is 11.4. The van der Waals surface area contributed by atoms with E-state index >= 15 is 0 Å². The van der Waals surface area contributed by atoms with Crippen molar-refractivity contribution in [3.8, 4) is 0 Å². The Morgan fingerprint density at radius 3 is 1.85 bits per heavy atom. The second kappa shape index (κ2) is 13.2. The van der Waals surface area contributed by atoms with Gasteiger partial charge in [0.05, 0.1) is 41.9 Å². The number of hydrogen-bond acceptors (Lipinski definition) is 4. The molecule has 6 nitrogen and oxygen atoms in total. The normalized spacial score (nSPS) is 11.5. The lowest BCUT2D eigenvalue weighted by molar-refractivity contribution is -0.115. The molecule has 4 aromatic carbocycles. The third kappa shape index (κ3) is 6.69. The summed E-state index contributed by atoms with van der Waals surface area (Å²) in [6.07, 6.45) is 0. The van der Waals surface area contributed by atoms with E-state index in [4.69, 9.17) is 58.0 Å². The quantitative estimate of drug-likeness (QED) is 0.1000. The maximum Gasteiger partial charge on any atom is 0.338 e. The number of anilines is 2. The van der Waals surface area contributed by atoms with Crippen LogP contribution in [0.1, 0.15) is 31.5 Å². The van der Waals surface area contributed by atoms with Crippen LogP contribution in [0.3, 0.4) is 0 Å². The highest BCUT2D eigenvalue weighted by Crippen LogP contribution is 2.42. The van der Waals surface area contributed by atoms with Gasteiger partial charge >= 0.3 is 5.97 Å². The van der Waals surface area contributed by atoms with Gasteiger partial charge in [-0.3, -0.25) is 9.59 Å². The molecule has 0 aliphatic heterocycles. The molecule has 0 saturated carbocycles. The van der Waals surface area contributed by atoms with E-state index in [1.165, 1.54) is 11.8 Å². The Balaban J connectivity index is 1.56. The Bertz CT molecular complexity index is 1600. The fourth-order valence-corrected chi connectivity index (χ4v) is 5.88. The minimum Gasteiger partial charge on any atom is -0.478 e. The van der Waals surface area contributed by atoms with Crippen LogP contribution in [0.5, 0.6) is 0 Å². The zero-order valence-corrected chi connectivity index (χ0v) is 24.6. The lowest BCUT2D eigenvalue weighted by Crippen LogP contribution is -2.19. The van der Waals surface area contributed by atoms with Gasteiger partial charge in [0, 0.05) is 10.6 Å². The molecule has 0 bridgehead atoms. The summed E-state index contributed by atoms with van der Waals surface area (Å²) in [5.74, 6) is -2.61. The van der Waals surface area contributed by atoms with Crippen molar-refractivity contribution in [2.45, 2.75) is 10.1 Å². The summed E-state index contributed by atoms with van der Waals surface area (Å²) in [7, 11) is 0. The second-order valence-electron chi connectivity index (χ2n) is 8.17. The summed E-state index contributed by atoms with van der Waals surface area (Å²) < 4.78 is 0. The Labute approximate surface area is 258 Å². The molecule has 12 heteroatoms. The van der Waals surface area contributed by atoms with Crippen LogP contribution < -0.4 is 10.6 Å². The first-order valence-corrected chi connectivity index (χ1v) is 14.1. The van der Waals surface area contributed by atoms with Crippen molar-refractivity contribution in [1.82, 2.24) is 0 Å². The number of rotatable bonds is 8. The van der Waals surface area contributed by atoms with Gasteiger partial charge < -0.3 is 15.7 Å². The van der Waals surface area contributed by atoms with E-state index in [-0.39, 0.29) is 21.0 Å². The fourth-order valence-electron chi connectivity index (χ4n) is 3.65. The number of carboxylic acid groups (broad SMARTS) is 1. The highest BCUT2D eigenvalue weighted by atomic mass is 35.5. The van der Waals surface area contributed by atoms with Crippen LogP contribution in [0.25, 0.3) is 0 Å². The van der Waals surface area contributed by atoms with Gasteiger partial charge in [0.1, 0.15) is 5.25 Å². The molecule has 3 N–H and O–H groups in total.